The van der Waals surface area contributed by atoms with Crippen molar-refractivity contribution in [3.8, 4) is 0 Å². The van der Waals surface area contributed by atoms with Crippen LogP contribution in [-0.4, -0.2) is 30.2 Å². The Bertz CT molecular complexity index is 767. The van der Waals surface area contributed by atoms with Gasteiger partial charge in [0.2, 0.25) is 0 Å². The number of nitrogens with zero attached hydrogens (tertiary/aromatic N) is 1. The maximum absolute atomic E-state index is 13.9. The van der Waals surface area contributed by atoms with E-state index in [4.69, 9.17) is 0 Å². The zero-order valence-electron chi connectivity index (χ0n) is 15.7. The van der Waals surface area contributed by atoms with Crippen molar-refractivity contribution in [2.45, 2.75) is 37.8 Å². The number of halogens is 2. The molecule has 2 aromatic rings. The molecule has 0 heterocycles. The van der Waals surface area contributed by atoms with Crippen LogP contribution in [0.2, 0.25) is 0 Å². The Morgan fingerprint density at radius 2 is 1.85 bits per heavy atom. The molecule has 0 bridgehead atoms. The highest BCUT2D eigenvalue weighted by molar-refractivity contribution is 14.0. The minimum absolute atomic E-state index is 0. The van der Waals surface area contributed by atoms with Gasteiger partial charge in [0, 0.05) is 18.5 Å². The van der Waals surface area contributed by atoms with Gasteiger partial charge in [-0.25, -0.2) is 9.38 Å². The van der Waals surface area contributed by atoms with E-state index < -0.39 is 5.60 Å². The quantitative estimate of drug-likeness (QED) is 0.333. The van der Waals surface area contributed by atoms with Crippen LogP contribution in [0.4, 0.5) is 4.39 Å². The summed E-state index contributed by atoms with van der Waals surface area (Å²) in [5, 5.41) is 17.3. The van der Waals surface area contributed by atoms with Gasteiger partial charge in [-0.1, -0.05) is 48.5 Å². The molecule has 3 N–H and O–H groups in total. The van der Waals surface area contributed by atoms with E-state index in [0.29, 0.717) is 5.96 Å². The Morgan fingerprint density at radius 1 is 1.19 bits per heavy atom. The van der Waals surface area contributed by atoms with Crippen LogP contribution in [0, 0.1) is 5.82 Å². The van der Waals surface area contributed by atoms with Gasteiger partial charge in [-0.2, -0.15) is 0 Å². The molecule has 0 saturated heterocycles. The number of hydrogen-bond acceptors (Lipinski definition) is 2. The zero-order valence-corrected chi connectivity index (χ0v) is 18.0. The highest BCUT2D eigenvalue weighted by atomic mass is 127. The summed E-state index contributed by atoms with van der Waals surface area (Å²) in [4.78, 5) is 4.54. The molecule has 0 aliphatic heterocycles. The molecule has 1 saturated carbocycles. The molecule has 0 radical (unpaired) electrons. The van der Waals surface area contributed by atoms with E-state index in [-0.39, 0.29) is 48.3 Å². The first-order valence-corrected chi connectivity index (χ1v) is 9.08. The molecular weight excluding hydrogens is 456 g/mol. The molecule has 3 rings (SSSR count). The van der Waals surface area contributed by atoms with Crippen molar-refractivity contribution in [2.24, 2.45) is 4.99 Å². The third-order valence-electron chi connectivity index (χ3n) is 4.70. The third-order valence-corrected chi connectivity index (χ3v) is 4.70. The molecule has 6 heteroatoms. The molecule has 1 aliphatic carbocycles. The normalized spacial score (nSPS) is 21.0. The highest BCUT2D eigenvalue weighted by Gasteiger charge is 2.40. The van der Waals surface area contributed by atoms with Crippen LogP contribution in [0.3, 0.4) is 0 Å². The number of benzene rings is 2. The zero-order chi connectivity index (χ0) is 18.6. The molecule has 3 atom stereocenters. The van der Waals surface area contributed by atoms with Crippen LogP contribution in [0.1, 0.15) is 37.3 Å². The topological polar surface area (TPSA) is 56.7 Å². The summed E-state index contributed by atoms with van der Waals surface area (Å²) < 4.78 is 13.9. The number of aliphatic hydroxyl groups is 1. The molecule has 2 aromatic carbocycles. The predicted molar refractivity (Wildman–Crippen MR) is 118 cm³/mol. The lowest BCUT2D eigenvalue weighted by Crippen LogP contribution is -2.40. The molecule has 1 fully saturated rings. The highest BCUT2D eigenvalue weighted by Crippen LogP contribution is 2.41. The molecule has 146 valence electrons. The van der Waals surface area contributed by atoms with Crippen molar-refractivity contribution in [1.82, 2.24) is 10.6 Å². The van der Waals surface area contributed by atoms with Crippen molar-refractivity contribution >= 4 is 29.9 Å². The second kappa shape index (κ2) is 9.50. The van der Waals surface area contributed by atoms with Gasteiger partial charge in [0.05, 0.1) is 6.54 Å². The number of nitrogens with one attached hydrogen (secondary N) is 2. The summed E-state index contributed by atoms with van der Waals surface area (Å²) >= 11 is 0. The van der Waals surface area contributed by atoms with Gasteiger partial charge >= 0.3 is 0 Å². The number of rotatable bonds is 6. The van der Waals surface area contributed by atoms with Crippen LogP contribution in [0.25, 0.3) is 0 Å². The SMILES string of the molecule is CCNC(=NCC(C)(O)c1ccccc1)NC1CC1c1ccccc1F.I. The molecule has 0 aromatic heterocycles. The maximum Gasteiger partial charge on any atom is 0.191 e. The smallest absolute Gasteiger partial charge is 0.191 e. The molecule has 27 heavy (non-hydrogen) atoms. The van der Waals surface area contributed by atoms with Crippen molar-refractivity contribution in [1.29, 1.82) is 0 Å². The van der Waals surface area contributed by atoms with E-state index in [2.05, 4.69) is 15.6 Å². The summed E-state index contributed by atoms with van der Waals surface area (Å²) in [5.41, 5.74) is 0.533. The third kappa shape index (κ3) is 5.65. The molecule has 0 spiro atoms. The Labute approximate surface area is 177 Å². The number of hydrogen-bond donors (Lipinski definition) is 3. The van der Waals surface area contributed by atoms with Crippen LogP contribution in [0.5, 0.6) is 0 Å². The van der Waals surface area contributed by atoms with Gasteiger partial charge < -0.3 is 15.7 Å². The van der Waals surface area contributed by atoms with Gasteiger partial charge in [-0.3, -0.25) is 0 Å². The molecule has 1 aliphatic rings. The first-order valence-electron chi connectivity index (χ1n) is 9.08. The fourth-order valence-corrected chi connectivity index (χ4v) is 3.09. The van der Waals surface area contributed by atoms with Crippen molar-refractivity contribution in [2.75, 3.05) is 13.1 Å². The lowest BCUT2D eigenvalue weighted by atomic mass is 9.96. The van der Waals surface area contributed by atoms with Crippen molar-refractivity contribution in [3.63, 3.8) is 0 Å². The predicted octanol–water partition coefficient (Wildman–Crippen LogP) is 3.76. The Kier molecular flexibility index (Phi) is 7.61. The van der Waals surface area contributed by atoms with Crippen LogP contribution >= 0.6 is 24.0 Å². The van der Waals surface area contributed by atoms with E-state index in [9.17, 15) is 9.50 Å². The van der Waals surface area contributed by atoms with Crippen LogP contribution in [0.15, 0.2) is 59.6 Å². The van der Waals surface area contributed by atoms with E-state index in [0.717, 1.165) is 24.1 Å². The minimum Gasteiger partial charge on any atom is -0.384 e. The fourth-order valence-electron chi connectivity index (χ4n) is 3.09. The lowest BCUT2D eigenvalue weighted by molar-refractivity contribution is 0.0672. The summed E-state index contributed by atoms with van der Waals surface area (Å²) in [6, 6.07) is 16.6. The van der Waals surface area contributed by atoms with Gasteiger partial charge in [0.15, 0.2) is 5.96 Å². The van der Waals surface area contributed by atoms with E-state index in [1.165, 1.54) is 6.07 Å². The lowest BCUT2D eigenvalue weighted by Gasteiger charge is -2.22. The Balaban J connectivity index is 0.00000261. The largest absolute Gasteiger partial charge is 0.384 e. The van der Waals surface area contributed by atoms with Crippen molar-refractivity contribution in [3.05, 3.63) is 71.5 Å². The Morgan fingerprint density at radius 3 is 2.52 bits per heavy atom. The average Bonchev–Trinajstić information content (AvgIpc) is 3.40. The minimum atomic E-state index is -1.04. The number of aliphatic imine (C=N–C) groups is 1. The average molecular weight is 483 g/mol. The Hall–Kier alpha value is -1.67. The second-order valence-corrected chi connectivity index (χ2v) is 6.95. The summed E-state index contributed by atoms with van der Waals surface area (Å²) in [6.45, 7) is 4.71. The van der Waals surface area contributed by atoms with Crippen LogP contribution in [-0.2, 0) is 5.60 Å². The van der Waals surface area contributed by atoms with Gasteiger partial charge in [0.25, 0.3) is 0 Å². The standard InChI is InChI=1S/C21H26FN3O.HI/c1-3-23-20(24-14-21(2,26)15-9-5-4-6-10-15)25-19-13-17(19)16-11-7-8-12-18(16)22;/h4-12,17,19,26H,3,13-14H2,1-2H3,(H2,23,24,25);1H. The summed E-state index contributed by atoms with van der Waals surface area (Å²) in [6.07, 6.45) is 0.875. The summed E-state index contributed by atoms with van der Waals surface area (Å²) in [7, 11) is 0. The molecule has 3 unspecified atom stereocenters. The first-order chi connectivity index (χ1) is 12.5. The van der Waals surface area contributed by atoms with E-state index in [1.807, 2.05) is 49.4 Å². The molecule has 0 amide bonds. The molecular formula is C21H27FIN3O. The van der Waals surface area contributed by atoms with E-state index >= 15 is 0 Å². The second-order valence-electron chi connectivity index (χ2n) is 6.95. The van der Waals surface area contributed by atoms with Crippen LogP contribution < -0.4 is 10.6 Å². The monoisotopic (exact) mass is 483 g/mol. The van der Waals surface area contributed by atoms with Gasteiger partial charge in [0.1, 0.15) is 11.4 Å². The fraction of sp³-hybridized carbons (Fsp3) is 0.381. The first kappa shape index (κ1) is 21.6. The molecule has 4 nitrogen and oxygen atoms in total. The van der Waals surface area contributed by atoms with Gasteiger partial charge in [-0.05, 0) is 37.5 Å². The number of guanidine groups is 1. The van der Waals surface area contributed by atoms with Gasteiger partial charge in [-0.15, -0.1) is 24.0 Å². The van der Waals surface area contributed by atoms with Crippen molar-refractivity contribution < 1.29 is 9.50 Å². The maximum atomic E-state index is 13.9. The summed E-state index contributed by atoms with van der Waals surface area (Å²) in [5.74, 6) is 0.651. The van der Waals surface area contributed by atoms with E-state index in [1.54, 1.807) is 13.0 Å².